The Kier molecular flexibility index (Phi) is 3.56. The van der Waals surface area contributed by atoms with Crippen LogP contribution in [0.3, 0.4) is 0 Å². The highest BCUT2D eigenvalue weighted by molar-refractivity contribution is 6.01. The van der Waals surface area contributed by atoms with Crippen molar-refractivity contribution in [1.29, 1.82) is 0 Å². The number of rotatable bonds is 1. The van der Waals surface area contributed by atoms with Crippen LogP contribution in [0.2, 0.25) is 0 Å². The molecule has 3 fully saturated rings. The average molecular weight is 328 g/mol. The highest BCUT2D eigenvalue weighted by atomic mass is 16.5. The third-order valence-corrected chi connectivity index (χ3v) is 7.78. The normalized spacial score (nSPS) is 46.6. The molecule has 0 aromatic rings. The molecule has 3 saturated carbocycles. The van der Waals surface area contributed by atoms with E-state index in [2.05, 4.69) is 19.9 Å². The lowest BCUT2D eigenvalue weighted by Crippen LogP contribution is -2.50. The van der Waals surface area contributed by atoms with Gasteiger partial charge in [0.05, 0.1) is 0 Å². The van der Waals surface area contributed by atoms with Gasteiger partial charge in [0.1, 0.15) is 6.10 Å². The van der Waals surface area contributed by atoms with Crippen molar-refractivity contribution in [3.05, 3.63) is 23.8 Å². The zero-order chi connectivity index (χ0) is 17.1. The molecule has 130 valence electrons. The zero-order valence-corrected chi connectivity index (χ0v) is 15.0. The summed E-state index contributed by atoms with van der Waals surface area (Å²) in [5.74, 6) is 1.96. The summed E-state index contributed by atoms with van der Waals surface area (Å²) in [5.41, 5.74) is 1.53. The molecular formula is C21H28O3. The maximum atomic E-state index is 11.8. The van der Waals surface area contributed by atoms with Crippen molar-refractivity contribution in [3.8, 4) is 0 Å². The van der Waals surface area contributed by atoms with Crippen LogP contribution in [0.1, 0.15) is 59.3 Å². The number of esters is 1. The van der Waals surface area contributed by atoms with Crippen molar-refractivity contribution < 1.29 is 14.3 Å². The Bertz CT molecular complexity index is 645. The molecule has 0 aromatic heterocycles. The minimum Gasteiger partial charge on any atom is -0.462 e. The van der Waals surface area contributed by atoms with Crippen LogP contribution in [0, 0.1) is 28.6 Å². The predicted octanol–water partition coefficient (Wildman–Crippen LogP) is 4.23. The van der Waals surface area contributed by atoms with Gasteiger partial charge in [0.25, 0.3) is 0 Å². The second kappa shape index (κ2) is 5.31. The van der Waals surface area contributed by atoms with Gasteiger partial charge in [-0.1, -0.05) is 25.5 Å². The molecule has 0 N–H and O–H groups in total. The maximum absolute atomic E-state index is 11.8. The van der Waals surface area contributed by atoms with Crippen LogP contribution in [0.5, 0.6) is 0 Å². The van der Waals surface area contributed by atoms with Gasteiger partial charge < -0.3 is 4.74 Å². The molecule has 3 nitrogen and oxygen atoms in total. The lowest BCUT2D eigenvalue weighted by Gasteiger charge is -2.56. The van der Waals surface area contributed by atoms with E-state index in [1.54, 1.807) is 6.08 Å². The number of hydrogen-bond acceptors (Lipinski definition) is 3. The molecule has 24 heavy (non-hydrogen) atoms. The number of ketones is 1. The fourth-order valence-electron chi connectivity index (χ4n) is 6.54. The first-order valence-electron chi connectivity index (χ1n) is 9.46. The summed E-state index contributed by atoms with van der Waals surface area (Å²) in [5, 5.41) is 0. The molecule has 3 heteroatoms. The van der Waals surface area contributed by atoms with Crippen LogP contribution >= 0.6 is 0 Å². The van der Waals surface area contributed by atoms with Crippen molar-refractivity contribution in [2.75, 3.05) is 0 Å². The standard InChI is InChI=1S/C21H28O3/c1-13(22)24-19-7-6-17-16-5-4-14-12-15(23)8-10-20(14,2)18(16)9-11-21(17,19)3/h8,10,12,16-19H,4-7,9,11H2,1-3H3/t16-,17+,18-,19?,20+,21+/m1/s1. The van der Waals surface area contributed by atoms with Crippen LogP contribution in [0.15, 0.2) is 23.8 Å². The summed E-state index contributed by atoms with van der Waals surface area (Å²) < 4.78 is 5.70. The Morgan fingerprint density at radius 2 is 1.96 bits per heavy atom. The quantitative estimate of drug-likeness (QED) is 0.677. The molecule has 4 rings (SSSR count). The van der Waals surface area contributed by atoms with Gasteiger partial charge in [-0.3, -0.25) is 9.59 Å². The van der Waals surface area contributed by atoms with Crippen LogP contribution in [-0.2, 0) is 14.3 Å². The fourth-order valence-corrected chi connectivity index (χ4v) is 6.54. The molecule has 0 spiro atoms. The van der Waals surface area contributed by atoms with E-state index in [0.717, 1.165) is 19.3 Å². The minimum absolute atomic E-state index is 0.0533. The second-order valence-electron chi connectivity index (χ2n) is 8.82. The zero-order valence-electron chi connectivity index (χ0n) is 15.0. The van der Waals surface area contributed by atoms with Gasteiger partial charge in [0.2, 0.25) is 0 Å². The van der Waals surface area contributed by atoms with Crippen LogP contribution in [0.25, 0.3) is 0 Å². The van der Waals surface area contributed by atoms with E-state index in [0.29, 0.717) is 17.8 Å². The summed E-state index contributed by atoms with van der Waals surface area (Å²) in [6.07, 6.45) is 12.6. The SMILES string of the molecule is CC(=O)OC1CC[C@H]2[C@H]3CCC4=CC(=O)C=C[C@]4(C)[C@@H]3CC[C@]12C. The van der Waals surface area contributed by atoms with Crippen LogP contribution in [-0.4, -0.2) is 17.9 Å². The Hall–Kier alpha value is -1.38. The summed E-state index contributed by atoms with van der Waals surface area (Å²) >= 11 is 0. The lowest BCUT2D eigenvalue weighted by atomic mass is 9.48. The van der Waals surface area contributed by atoms with Crippen molar-refractivity contribution >= 4 is 11.8 Å². The van der Waals surface area contributed by atoms with E-state index < -0.39 is 0 Å². The van der Waals surface area contributed by atoms with E-state index in [1.165, 1.54) is 31.8 Å². The number of carbonyl (C=O) groups is 2. The third-order valence-electron chi connectivity index (χ3n) is 7.78. The molecule has 4 aliphatic carbocycles. The van der Waals surface area contributed by atoms with Gasteiger partial charge in [-0.25, -0.2) is 0 Å². The smallest absolute Gasteiger partial charge is 0.302 e. The average Bonchev–Trinajstić information content (AvgIpc) is 2.84. The fraction of sp³-hybridized carbons (Fsp3) is 0.714. The third kappa shape index (κ3) is 2.16. The summed E-state index contributed by atoms with van der Waals surface area (Å²) in [4.78, 5) is 23.3. The van der Waals surface area contributed by atoms with E-state index in [-0.39, 0.29) is 28.7 Å². The lowest BCUT2D eigenvalue weighted by molar-refractivity contribution is -0.156. The summed E-state index contributed by atoms with van der Waals surface area (Å²) in [7, 11) is 0. The topological polar surface area (TPSA) is 43.4 Å². The van der Waals surface area contributed by atoms with Gasteiger partial charge in [0.15, 0.2) is 5.78 Å². The van der Waals surface area contributed by atoms with Crippen molar-refractivity contribution in [2.24, 2.45) is 28.6 Å². The molecule has 0 radical (unpaired) electrons. The number of hydrogen-bond donors (Lipinski definition) is 0. The van der Waals surface area contributed by atoms with E-state index in [4.69, 9.17) is 4.74 Å². The molecule has 0 saturated heterocycles. The molecule has 6 atom stereocenters. The van der Waals surface area contributed by atoms with E-state index in [9.17, 15) is 9.59 Å². The van der Waals surface area contributed by atoms with Crippen molar-refractivity contribution in [3.63, 3.8) is 0 Å². The van der Waals surface area contributed by atoms with Gasteiger partial charge in [-0.15, -0.1) is 0 Å². The maximum Gasteiger partial charge on any atom is 0.302 e. The number of allylic oxidation sites excluding steroid dienone is 4. The first kappa shape index (κ1) is 16.1. The second-order valence-corrected chi connectivity index (χ2v) is 8.82. The highest BCUT2D eigenvalue weighted by Crippen LogP contribution is 2.64. The predicted molar refractivity (Wildman–Crippen MR) is 92.2 cm³/mol. The molecule has 0 bridgehead atoms. The van der Waals surface area contributed by atoms with Crippen molar-refractivity contribution in [2.45, 2.75) is 65.4 Å². The van der Waals surface area contributed by atoms with E-state index in [1.807, 2.05) is 6.08 Å². The van der Waals surface area contributed by atoms with Gasteiger partial charge >= 0.3 is 5.97 Å². The van der Waals surface area contributed by atoms with Gasteiger partial charge in [-0.2, -0.15) is 0 Å². The van der Waals surface area contributed by atoms with Crippen molar-refractivity contribution in [1.82, 2.24) is 0 Å². The molecule has 4 aliphatic rings. The Morgan fingerprint density at radius 3 is 2.71 bits per heavy atom. The molecule has 1 unspecified atom stereocenters. The van der Waals surface area contributed by atoms with Crippen LogP contribution in [0.4, 0.5) is 0 Å². The van der Waals surface area contributed by atoms with E-state index >= 15 is 0 Å². The minimum atomic E-state index is -0.140. The molecular weight excluding hydrogens is 300 g/mol. The molecule has 0 aromatic carbocycles. The van der Waals surface area contributed by atoms with Gasteiger partial charge in [0, 0.05) is 17.8 Å². The summed E-state index contributed by atoms with van der Waals surface area (Å²) in [6, 6.07) is 0. The van der Waals surface area contributed by atoms with Gasteiger partial charge in [-0.05, 0) is 68.4 Å². The first-order chi connectivity index (χ1) is 11.3. The number of fused-ring (bicyclic) bond motifs is 5. The monoisotopic (exact) mass is 328 g/mol. The molecule has 0 aliphatic heterocycles. The Morgan fingerprint density at radius 1 is 1.17 bits per heavy atom. The summed E-state index contributed by atoms with van der Waals surface area (Å²) in [6.45, 7) is 6.22. The molecule has 0 heterocycles. The number of ether oxygens (including phenoxy) is 1. The molecule has 0 amide bonds. The Labute approximate surface area is 144 Å². The highest BCUT2D eigenvalue weighted by Gasteiger charge is 2.59. The number of carbonyl (C=O) groups excluding carboxylic acids is 2. The first-order valence-corrected chi connectivity index (χ1v) is 9.46. The Balaban J connectivity index is 1.63. The largest absolute Gasteiger partial charge is 0.462 e. The van der Waals surface area contributed by atoms with Crippen LogP contribution < -0.4 is 0 Å².